The van der Waals surface area contributed by atoms with Crippen molar-refractivity contribution in [2.75, 3.05) is 38.6 Å². The van der Waals surface area contributed by atoms with E-state index in [2.05, 4.69) is 133 Å². The summed E-state index contributed by atoms with van der Waals surface area (Å²) in [6.07, 6.45) is 13.6. The molecule has 1 unspecified atom stereocenters. The smallest absolute Gasteiger partial charge is 0.200 e. The zero-order valence-corrected chi connectivity index (χ0v) is 57.5. The van der Waals surface area contributed by atoms with Crippen LogP contribution in [0.4, 0.5) is 0 Å². The molecule has 6 rings (SSSR count). The quantitative estimate of drug-likeness (QED) is 0.0272. The molecular formula is C65H118O12S2Si2. The van der Waals surface area contributed by atoms with Crippen LogP contribution in [0.15, 0.2) is 37.0 Å². The van der Waals surface area contributed by atoms with Crippen molar-refractivity contribution < 1.29 is 57.3 Å². The minimum Gasteiger partial charge on any atom is -0.416 e. The standard InChI is InChI=1S/C65H118O12S2Si2/c1-19-26-56(67)62(39-48(12)50(14)42-71-81(45(6)7,46(8)9)47(10)11)32-28-51(43-70-44-69-18)37-55(62)59-57(68)58(74-60(15,16)75-59)49(13)40-64(78-35-25-36-79-64)41-54-27-24-30-63(72-54)33-34-65(76-63)61(17,77-80(21-3,22-4)23-5)31-29-53(73-65)38-52(66)20-2/h19-20,37,45-50,52-59,66-68H,1-2,21-36,38-44H2,3-18H3/t48-,49+,50-,52?,53-,54+,55+,56+,57+,58+,59-,61+,62+,63+,65+/m0/s1. The highest BCUT2D eigenvalue weighted by Gasteiger charge is 2.66. The van der Waals surface area contributed by atoms with Crippen LogP contribution in [-0.4, -0.2) is 140 Å². The summed E-state index contributed by atoms with van der Waals surface area (Å²) in [5.74, 6) is -0.694. The first-order chi connectivity index (χ1) is 38.2. The molecule has 5 aliphatic heterocycles. The highest BCUT2D eigenvalue weighted by Crippen LogP contribution is 2.59. The van der Waals surface area contributed by atoms with Crippen molar-refractivity contribution in [2.45, 2.75) is 305 Å². The molecule has 5 fully saturated rings. The molecule has 81 heavy (non-hydrogen) atoms. The van der Waals surface area contributed by atoms with E-state index in [-0.39, 0.29) is 46.8 Å². The SMILES string of the molecule is C=CC[C@@H](O)[C@@]1(C[C@H](C)[C@@H](C)CO[Si](C(C)C)(C(C)C)C(C)C)CCC(COCOC)=C[C@@H]1[C@@H]1OC(C)(C)O[C@H]([C@H](C)CC2(C[C@H]3CCC[C@@]4(CC[C@@]5(O[C@H](CC(O)C=C)CC[C@@]5(C)O[Si](CC)(CC)CC)O4)O3)SCCCS2)[C@H]1O. The lowest BCUT2D eigenvalue weighted by atomic mass is 9.57. The van der Waals surface area contributed by atoms with Crippen molar-refractivity contribution >= 4 is 40.2 Å². The summed E-state index contributed by atoms with van der Waals surface area (Å²) >= 11 is 4.11. The van der Waals surface area contributed by atoms with Crippen LogP contribution in [0.1, 0.15) is 200 Å². The Morgan fingerprint density at radius 2 is 1.46 bits per heavy atom. The van der Waals surface area contributed by atoms with E-state index in [1.54, 1.807) is 13.2 Å². The summed E-state index contributed by atoms with van der Waals surface area (Å²) < 4.78 is 62.1. The van der Waals surface area contributed by atoms with Gasteiger partial charge in [0, 0.05) is 50.7 Å². The average molecular weight is 1210 g/mol. The Labute approximate surface area is 504 Å². The van der Waals surface area contributed by atoms with E-state index in [0.717, 1.165) is 106 Å². The Hall–Kier alpha value is -0.126. The van der Waals surface area contributed by atoms with Crippen molar-refractivity contribution in [3.05, 3.63) is 37.0 Å². The first-order valence-electron chi connectivity index (χ1n) is 32.2. The van der Waals surface area contributed by atoms with Gasteiger partial charge < -0.3 is 57.3 Å². The molecule has 470 valence electrons. The Balaban J connectivity index is 1.28. The maximum absolute atomic E-state index is 13.2. The lowest BCUT2D eigenvalue weighted by Crippen LogP contribution is -2.65. The highest BCUT2D eigenvalue weighted by atomic mass is 32.2. The largest absolute Gasteiger partial charge is 0.416 e. The minimum absolute atomic E-state index is 0.0405. The third kappa shape index (κ3) is 15.8. The first-order valence-corrected chi connectivity index (χ1v) is 38.9. The van der Waals surface area contributed by atoms with Crippen molar-refractivity contribution in [3.8, 4) is 0 Å². The van der Waals surface area contributed by atoms with E-state index in [4.69, 9.17) is 42.0 Å². The Bertz CT molecular complexity index is 1970. The predicted molar refractivity (Wildman–Crippen MR) is 338 cm³/mol. The van der Waals surface area contributed by atoms with Crippen molar-refractivity contribution in [1.29, 1.82) is 0 Å². The molecule has 16 heteroatoms. The van der Waals surface area contributed by atoms with Gasteiger partial charge in [0.15, 0.2) is 34.0 Å². The van der Waals surface area contributed by atoms with Crippen molar-refractivity contribution in [3.63, 3.8) is 0 Å². The minimum atomic E-state index is -2.12. The maximum atomic E-state index is 13.2. The summed E-state index contributed by atoms with van der Waals surface area (Å²) in [7, 11) is -2.57. The van der Waals surface area contributed by atoms with Gasteiger partial charge in [0.1, 0.15) is 18.5 Å². The summed E-state index contributed by atoms with van der Waals surface area (Å²) in [5, 5.41) is 36.7. The molecule has 0 radical (unpaired) electrons. The number of hydrogen-bond donors (Lipinski definition) is 3. The zero-order chi connectivity index (χ0) is 59.8. The summed E-state index contributed by atoms with van der Waals surface area (Å²) in [6, 6.07) is 3.11. The zero-order valence-electron chi connectivity index (χ0n) is 53.8. The third-order valence-electron chi connectivity index (χ3n) is 21.0. The van der Waals surface area contributed by atoms with Crippen LogP contribution >= 0.6 is 23.5 Å². The van der Waals surface area contributed by atoms with Gasteiger partial charge in [-0.15, -0.1) is 36.7 Å². The maximum Gasteiger partial charge on any atom is 0.200 e. The second-order valence-corrected chi connectivity index (χ2v) is 41.2. The van der Waals surface area contributed by atoms with Gasteiger partial charge in [0.25, 0.3) is 0 Å². The fourth-order valence-corrected chi connectivity index (χ4v) is 28.6. The molecule has 0 bridgehead atoms. The van der Waals surface area contributed by atoms with Crippen LogP contribution in [0.3, 0.4) is 0 Å². The van der Waals surface area contributed by atoms with Gasteiger partial charge in [-0.05, 0) is 161 Å². The molecule has 15 atom stereocenters. The fourth-order valence-electron chi connectivity index (χ4n) is 16.2. The second kappa shape index (κ2) is 29.5. The average Bonchev–Trinajstić information content (AvgIpc) is 3.77. The van der Waals surface area contributed by atoms with Gasteiger partial charge in [0.05, 0.1) is 47.3 Å². The van der Waals surface area contributed by atoms with E-state index >= 15 is 0 Å². The molecule has 12 nitrogen and oxygen atoms in total. The van der Waals surface area contributed by atoms with Crippen LogP contribution in [0.2, 0.25) is 34.8 Å². The molecule has 0 saturated carbocycles. The summed E-state index contributed by atoms with van der Waals surface area (Å²) in [4.78, 5) is 0. The third-order valence-corrected chi connectivity index (χ3v) is 35.3. The van der Waals surface area contributed by atoms with Gasteiger partial charge in [0.2, 0.25) is 0 Å². The first kappa shape index (κ1) is 70.0. The van der Waals surface area contributed by atoms with Crippen LogP contribution in [0, 0.1) is 29.1 Å². The number of rotatable bonds is 30. The van der Waals surface area contributed by atoms with E-state index in [1.165, 1.54) is 0 Å². The summed E-state index contributed by atoms with van der Waals surface area (Å²) in [5.41, 5.74) is 1.28. The second-order valence-electron chi connectivity index (χ2n) is 27.9. The number of aliphatic hydroxyl groups excluding tert-OH is 3. The van der Waals surface area contributed by atoms with Crippen LogP contribution in [0.5, 0.6) is 0 Å². The van der Waals surface area contributed by atoms with Crippen LogP contribution in [0.25, 0.3) is 0 Å². The Morgan fingerprint density at radius 3 is 2.06 bits per heavy atom. The molecular weight excluding hydrogens is 1090 g/mol. The normalized spacial score (nSPS) is 34.8. The van der Waals surface area contributed by atoms with Crippen LogP contribution < -0.4 is 0 Å². The van der Waals surface area contributed by atoms with E-state index in [9.17, 15) is 15.3 Å². The predicted octanol–water partition coefficient (Wildman–Crippen LogP) is 15.3. The molecule has 3 N–H and O–H groups in total. The van der Waals surface area contributed by atoms with Gasteiger partial charge >= 0.3 is 0 Å². The monoisotopic (exact) mass is 1210 g/mol. The van der Waals surface area contributed by atoms with Gasteiger partial charge in [-0.3, -0.25) is 0 Å². The number of aliphatic hydroxyl groups is 3. The molecule has 2 spiro atoms. The Kier molecular flexibility index (Phi) is 25.4. The molecule has 0 aromatic heterocycles. The molecule has 6 aliphatic rings. The topological polar surface area (TPSA) is 144 Å². The molecule has 5 saturated heterocycles. The lowest BCUT2D eigenvalue weighted by molar-refractivity contribution is -0.399. The molecule has 1 aliphatic carbocycles. The van der Waals surface area contributed by atoms with Gasteiger partial charge in [-0.2, -0.15) is 0 Å². The number of hydrogen-bond acceptors (Lipinski definition) is 14. The fraction of sp³-hybridized carbons (Fsp3) is 0.908. The lowest BCUT2D eigenvalue weighted by Gasteiger charge is -2.56. The van der Waals surface area contributed by atoms with E-state index in [0.29, 0.717) is 55.5 Å². The van der Waals surface area contributed by atoms with Crippen molar-refractivity contribution in [1.82, 2.24) is 0 Å². The molecule has 5 heterocycles. The van der Waals surface area contributed by atoms with Crippen LogP contribution in [-0.2, 0) is 42.0 Å². The molecule has 0 aromatic carbocycles. The van der Waals surface area contributed by atoms with E-state index in [1.807, 2.05) is 19.9 Å². The van der Waals surface area contributed by atoms with Gasteiger partial charge in [-0.1, -0.05) is 101 Å². The highest BCUT2D eigenvalue weighted by molar-refractivity contribution is 8.18. The van der Waals surface area contributed by atoms with Gasteiger partial charge in [-0.25, -0.2) is 0 Å². The number of methoxy groups -OCH3 is 1. The Morgan fingerprint density at radius 1 is 0.790 bits per heavy atom. The molecule has 0 amide bonds. The van der Waals surface area contributed by atoms with Crippen molar-refractivity contribution in [2.24, 2.45) is 29.1 Å². The summed E-state index contributed by atoms with van der Waals surface area (Å²) in [6.45, 7) is 43.4. The number of thioether (sulfide) groups is 2. The van der Waals surface area contributed by atoms with E-state index < -0.39 is 75.5 Å². The number of ether oxygens (including phenoxy) is 7. The molecule has 0 aromatic rings.